The Kier molecular flexibility index (Phi) is 3.94. The van der Waals surface area contributed by atoms with Crippen LogP contribution in [0.5, 0.6) is 5.75 Å². The molecule has 0 radical (unpaired) electrons. The molecule has 0 unspecified atom stereocenters. The van der Waals surface area contributed by atoms with Gasteiger partial charge in [-0.3, -0.25) is 4.79 Å². The number of carbonyl (C=O) groups is 1. The van der Waals surface area contributed by atoms with E-state index in [1.807, 2.05) is 18.2 Å². The summed E-state index contributed by atoms with van der Waals surface area (Å²) < 4.78 is 6.26. The lowest BCUT2D eigenvalue weighted by Gasteiger charge is -2.07. The maximum Gasteiger partial charge on any atom is 0.248 e. The summed E-state index contributed by atoms with van der Waals surface area (Å²) in [4.78, 5) is 15.0. The smallest absolute Gasteiger partial charge is 0.248 e. The predicted octanol–water partition coefficient (Wildman–Crippen LogP) is 2.52. The molecular weight excluding hydrogens is 296 g/mol. The number of nitrogens with two attached hydrogens (primary N) is 1. The van der Waals surface area contributed by atoms with Gasteiger partial charge in [0, 0.05) is 11.8 Å². The van der Waals surface area contributed by atoms with Gasteiger partial charge in [-0.15, -0.1) is 0 Å². The second kappa shape index (κ2) is 5.64. The lowest BCUT2D eigenvalue weighted by Crippen LogP contribution is -2.10. The van der Waals surface area contributed by atoms with Gasteiger partial charge in [0.1, 0.15) is 11.2 Å². The quantitative estimate of drug-likeness (QED) is 0.883. The Labute approximate surface area is 113 Å². The van der Waals surface area contributed by atoms with E-state index in [1.54, 1.807) is 24.4 Å². The van der Waals surface area contributed by atoms with Crippen molar-refractivity contribution in [2.75, 3.05) is 0 Å². The van der Waals surface area contributed by atoms with E-state index in [-0.39, 0.29) is 0 Å². The first-order chi connectivity index (χ1) is 8.66. The number of primary amides is 1. The fraction of sp³-hybridized carbons (Fsp3) is 0.0769. The van der Waals surface area contributed by atoms with Crippen molar-refractivity contribution < 1.29 is 9.53 Å². The van der Waals surface area contributed by atoms with Crippen molar-refractivity contribution in [2.24, 2.45) is 5.73 Å². The fourth-order valence-corrected chi connectivity index (χ4v) is 1.77. The summed E-state index contributed by atoms with van der Waals surface area (Å²) in [6, 6.07) is 10.6. The van der Waals surface area contributed by atoms with E-state index in [1.165, 1.54) is 0 Å². The van der Waals surface area contributed by atoms with Crippen molar-refractivity contribution in [1.29, 1.82) is 0 Å². The highest BCUT2D eigenvalue weighted by Crippen LogP contribution is 2.22. The molecule has 0 aliphatic rings. The van der Waals surface area contributed by atoms with E-state index in [4.69, 9.17) is 10.5 Å². The average molecular weight is 307 g/mol. The van der Waals surface area contributed by atoms with Gasteiger partial charge in [0.2, 0.25) is 5.91 Å². The molecule has 1 aromatic carbocycles. The van der Waals surface area contributed by atoms with Crippen LogP contribution in [0.3, 0.4) is 0 Å². The van der Waals surface area contributed by atoms with Crippen LogP contribution in [-0.4, -0.2) is 10.9 Å². The van der Waals surface area contributed by atoms with Crippen LogP contribution in [0, 0.1) is 0 Å². The monoisotopic (exact) mass is 306 g/mol. The summed E-state index contributed by atoms with van der Waals surface area (Å²) in [5.41, 5.74) is 6.61. The summed E-state index contributed by atoms with van der Waals surface area (Å²) in [6.07, 6.45) is 1.68. The standard InChI is InChI=1S/C13H11BrN2O2/c14-12-11(2-1-7-16-12)18-8-9-3-5-10(6-4-9)13(15)17/h1-7H,8H2,(H2,15,17). The molecule has 0 atom stereocenters. The van der Waals surface area contributed by atoms with Crippen LogP contribution in [0.1, 0.15) is 15.9 Å². The van der Waals surface area contributed by atoms with Gasteiger partial charge in [0.15, 0.2) is 5.75 Å². The number of rotatable bonds is 4. The minimum Gasteiger partial charge on any atom is -0.486 e. The number of amides is 1. The molecule has 0 fully saturated rings. The molecule has 92 valence electrons. The third kappa shape index (κ3) is 3.07. The van der Waals surface area contributed by atoms with Gasteiger partial charge in [-0.25, -0.2) is 4.98 Å². The number of hydrogen-bond acceptors (Lipinski definition) is 3. The fourth-order valence-electron chi connectivity index (χ4n) is 1.41. The third-order valence-corrected chi connectivity index (χ3v) is 2.95. The van der Waals surface area contributed by atoms with Crippen LogP contribution >= 0.6 is 15.9 Å². The van der Waals surface area contributed by atoms with Gasteiger partial charge in [-0.1, -0.05) is 12.1 Å². The topological polar surface area (TPSA) is 65.2 Å². The number of halogens is 1. The van der Waals surface area contributed by atoms with Gasteiger partial charge in [-0.2, -0.15) is 0 Å². The van der Waals surface area contributed by atoms with E-state index >= 15 is 0 Å². The minimum absolute atomic E-state index is 0.406. The highest BCUT2D eigenvalue weighted by atomic mass is 79.9. The molecule has 0 saturated heterocycles. The second-order valence-corrected chi connectivity index (χ2v) is 4.39. The molecule has 4 nitrogen and oxygen atoms in total. The van der Waals surface area contributed by atoms with Gasteiger partial charge in [0.25, 0.3) is 0 Å². The summed E-state index contributed by atoms with van der Waals surface area (Å²) in [5.74, 6) is 0.244. The Hall–Kier alpha value is -1.88. The minimum atomic E-state index is -0.433. The highest BCUT2D eigenvalue weighted by molar-refractivity contribution is 9.10. The van der Waals surface area contributed by atoms with Gasteiger partial charge in [0.05, 0.1) is 0 Å². The van der Waals surface area contributed by atoms with E-state index in [0.29, 0.717) is 22.5 Å². The van der Waals surface area contributed by atoms with Crippen molar-refractivity contribution >= 4 is 21.8 Å². The number of benzene rings is 1. The normalized spacial score (nSPS) is 10.1. The lowest BCUT2D eigenvalue weighted by molar-refractivity contribution is 0.1000. The molecule has 1 heterocycles. The molecule has 5 heteroatoms. The zero-order valence-electron chi connectivity index (χ0n) is 9.47. The zero-order chi connectivity index (χ0) is 13.0. The molecule has 18 heavy (non-hydrogen) atoms. The molecule has 2 N–H and O–H groups in total. The molecule has 0 spiro atoms. The van der Waals surface area contributed by atoms with Gasteiger partial charge in [-0.05, 0) is 45.8 Å². The summed E-state index contributed by atoms with van der Waals surface area (Å²) >= 11 is 3.30. The molecule has 0 bridgehead atoms. The first-order valence-corrected chi connectivity index (χ1v) is 6.08. The first kappa shape index (κ1) is 12.6. The summed E-state index contributed by atoms with van der Waals surface area (Å²) in [5, 5.41) is 0. The highest BCUT2D eigenvalue weighted by Gasteiger charge is 2.03. The molecule has 2 rings (SSSR count). The van der Waals surface area contributed by atoms with Crippen molar-refractivity contribution in [2.45, 2.75) is 6.61 Å². The average Bonchev–Trinajstić information content (AvgIpc) is 2.38. The van der Waals surface area contributed by atoms with Crippen molar-refractivity contribution in [1.82, 2.24) is 4.98 Å². The molecule has 1 amide bonds. The van der Waals surface area contributed by atoms with E-state index in [9.17, 15) is 4.79 Å². The van der Waals surface area contributed by atoms with Crippen molar-refractivity contribution in [3.63, 3.8) is 0 Å². The van der Waals surface area contributed by atoms with Gasteiger partial charge >= 0.3 is 0 Å². The van der Waals surface area contributed by atoms with E-state index < -0.39 is 5.91 Å². The van der Waals surface area contributed by atoms with Crippen LogP contribution < -0.4 is 10.5 Å². The van der Waals surface area contributed by atoms with Gasteiger partial charge < -0.3 is 10.5 Å². The molecular formula is C13H11BrN2O2. The number of pyridine rings is 1. The maximum absolute atomic E-state index is 10.9. The lowest BCUT2D eigenvalue weighted by atomic mass is 10.1. The Morgan fingerprint density at radius 1 is 1.28 bits per heavy atom. The molecule has 0 aliphatic carbocycles. The van der Waals surface area contributed by atoms with Crippen molar-refractivity contribution in [3.05, 3.63) is 58.3 Å². The molecule has 0 aliphatic heterocycles. The molecule has 1 aromatic heterocycles. The van der Waals surface area contributed by atoms with Crippen LogP contribution in [0.4, 0.5) is 0 Å². The second-order valence-electron chi connectivity index (χ2n) is 3.64. The van der Waals surface area contributed by atoms with Crippen LogP contribution in [0.15, 0.2) is 47.2 Å². The number of carbonyl (C=O) groups excluding carboxylic acids is 1. The van der Waals surface area contributed by atoms with E-state index in [0.717, 1.165) is 5.56 Å². The predicted molar refractivity (Wildman–Crippen MR) is 71.2 cm³/mol. The number of hydrogen-bond donors (Lipinski definition) is 1. The first-order valence-electron chi connectivity index (χ1n) is 5.29. The van der Waals surface area contributed by atoms with Crippen LogP contribution in [0.2, 0.25) is 0 Å². The largest absolute Gasteiger partial charge is 0.486 e. The Balaban J connectivity index is 2.02. The van der Waals surface area contributed by atoms with Crippen LogP contribution in [-0.2, 0) is 6.61 Å². The molecule has 0 saturated carbocycles. The SMILES string of the molecule is NC(=O)c1ccc(COc2cccnc2Br)cc1. The molecule has 2 aromatic rings. The summed E-state index contributed by atoms with van der Waals surface area (Å²) in [7, 11) is 0. The van der Waals surface area contributed by atoms with Crippen molar-refractivity contribution in [3.8, 4) is 5.75 Å². The number of ether oxygens (including phenoxy) is 1. The number of nitrogens with zero attached hydrogens (tertiary/aromatic N) is 1. The third-order valence-electron chi connectivity index (χ3n) is 2.36. The van der Waals surface area contributed by atoms with Crippen LogP contribution in [0.25, 0.3) is 0 Å². The maximum atomic E-state index is 10.9. The summed E-state index contributed by atoms with van der Waals surface area (Å²) in [6.45, 7) is 0.406. The Morgan fingerprint density at radius 3 is 2.61 bits per heavy atom. The number of aromatic nitrogens is 1. The zero-order valence-corrected chi connectivity index (χ0v) is 11.1. The van der Waals surface area contributed by atoms with E-state index in [2.05, 4.69) is 20.9 Å². The Bertz CT molecular complexity index is 555. The Morgan fingerprint density at radius 2 is 2.00 bits per heavy atom.